The molecule has 2 rings (SSSR count). The van der Waals surface area contributed by atoms with Crippen molar-refractivity contribution in [3.8, 4) is 0 Å². The van der Waals surface area contributed by atoms with Crippen LogP contribution in [0.2, 0.25) is 0 Å². The monoisotopic (exact) mass is 288 g/mol. The molecule has 0 spiro atoms. The Morgan fingerprint density at radius 3 is 2.24 bits per heavy atom. The van der Waals surface area contributed by atoms with Crippen LogP contribution in [0.4, 0.5) is 0 Å². The molecule has 1 aliphatic rings. The van der Waals surface area contributed by atoms with Crippen LogP contribution in [-0.4, -0.2) is 18.0 Å². The van der Waals surface area contributed by atoms with Gasteiger partial charge in [0.25, 0.3) is 0 Å². The van der Waals surface area contributed by atoms with Crippen molar-refractivity contribution in [2.45, 2.75) is 71.0 Å². The van der Waals surface area contributed by atoms with E-state index < -0.39 is 0 Å². The summed E-state index contributed by atoms with van der Waals surface area (Å²) in [6.45, 7) is 6.03. The van der Waals surface area contributed by atoms with Gasteiger partial charge in [-0.1, -0.05) is 31.2 Å². The molecule has 1 amide bonds. The van der Waals surface area contributed by atoms with Gasteiger partial charge in [0, 0.05) is 25.0 Å². The molecule has 2 N–H and O–H groups in total. The molecule has 116 valence electrons. The summed E-state index contributed by atoms with van der Waals surface area (Å²) < 4.78 is 0. The number of carbonyl (C=O) groups is 1. The Bertz CT molecular complexity index is 447. The summed E-state index contributed by atoms with van der Waals surface area (Å²) in [7, 11) is 0. The molecule has 0 radical (unpaired) electrons. The molecule has 0 unspecified atom stereocenters. The zero-order valence-corrected chi connectivity index (χ0v) is 13.5. The molecule has 0 heterocycles. The zero-order valence-electron chi connectivity index (χ0n) is 13.5. The first-order chi connectivity index (χ1) is 10.1. The molecule has 1 aliphatic carbocycles. The van der Waals surface area contributed by atoms with Gasteiger partial charge in [-0.05, 0) is 50.2 Å². The standard InChI is InChI=1S/C18H28N2O/c1-4-15-5-7-16(8-6-15)13(2)19-17-9-11-18(12-10-17)20-14(3)21/h5-8,13,17-19H,4,9-12H2,1-3H3,(H,20,21)/t13-,17?,18?/m0/s1. The molecule has 3 nitrogen and oxygen atoms in total. The summed E-state index contributed by atoms with van der Waals surface area (Å²) in [5.41, 5.74) is 2.75. The fraction of sp³-hybridized carbons (Fsp3) is 0.611. The van der Waals surface area contributed by atoms with Crippen LogP contribution in [0, 0.1) is 0 Å². The van der Waals surface area contributed by atoms with Crippen LogP contribution in [0.15, 0.2) is 24.3 Å². The van der Waals surface area contributed by atoms with Crippen LogP contribution in [0.1, 0.15) is 63.6 Å². The first-order valence-corrected chi connectivity index (χ1v) is 8.20. The van der Waals surface area contributed by atoms with Gasteiger partial charge in [-0.3, -0.25) is 4.79 Å². The molecule has 0 aliphatic heterocycles. The molecular weight excluding hydrogens is 260 g/mol. The summed E-state index contributed by atoms with van der Waals surface area (Å²) in [5.74, 6) is 0.0933. The maximum Gasteiger partial charge on any atom is 0.217 e. The predicted octanol–water partition coefficient (Wildman–Crippen LogP) is 3.35. The first-order valence-electron chi connectivity index (χ1n) is 8.20. The zero-order chi connectivity index (χ0) is 15.2. The summed E-state index contributed by atoms with van der Waals surface area (Å²) >= 11 is 0. The van der Waals surface area contributed by atoms with Gasteiger partial charge < -0.3 is 10.6 Å². The van der Waals surface area contributed by atoms with E-state index in [0.717, 1.165) is 32.1 Å². The van der Waals surface area contributed by atoms with E-state index in [-0.39, 0.29) is 5.91 Å². The van der Waals surface area contributed by atoms with E-state index in [4.69, 9.17) is 0 Å². The third-order valence-corrected chi connectivity index (χ3v) is 4.51. The molecule has 1 aromatic rings. The van der Waals surface area contributed by atoms with Crippen molar-refractivity contribution in [2.24, 2.45) is 0 Å². The van der Waals surface area contributed by atoms with Gasteiger partial charge in [0.2, 0.25) is 5.91 Å². The van der Waals surface area contributed by atoms with Crippen LogP contribution in [0.3, 0.4) is 0 Å². The van der Waals surface area contributed by atoms with Gasteiger partial charge in [-0.15, -0.1) is 0 Å². The Hall–Kier alpha value is -1.35. The third-order valence-electron chi connectivity index (χ3n) is 4.51. The van der Waals surface area contributed by atoms with Gasteiger partial charge in [0.05, 0.1) is 0 Å². The molecule has 0 saturated heterocycles. The second-order valence-electron chi connectivity index (χ2n) is 6.23. The minimum atomic E-state index is 0.0933. The highest BCUT2D eigenvalue weighted by Crippen LogP contribution is 2.22. The molecule has 3 heteroatoms. The number of amides is 1. The van der Waals surface area contributed by atoms with Crippen molar-refractivity contribution >= 4 is 5.91 Å². The third kappa shape index (κ3) is 4.85. The fourth-order valence-corrected chi connectivity index (χ4v) is 3.18. The highest BCUT2D eigenvalue weighted by molar-refractivity contribution is 5.73. The Kier molecular flexibility index (Phi) is 5.80. The number of hydrogen-bond acceptors (Lipinski definition) is 2. The van der Waals surface area contributed by atoms with Gasteiger partial charge in [0.1, 0.15) is 0 Å². The van der Waals surface area contributed by atoms with Crippen molar-refractivity contribution in [1.82, 2.24) is 10.6 Å². The Balaban J connectivity index is 1.80. The maximum absolute atomic E-state index is 11.1. The molecule has 0 aromatic heterocycles. The molecular formula is C18H28N2O. The molecule has 1 atom stereocenters. The number of benzene rings is 1. The predicted molar refractivity (Wildman–Crippen MR) is 87.2 cm³/mol. The van der Waals surface area contributed by atoms with Gasteiger partial charge in [-0.25, -0.2) is 0 Å². The van der Waals surface area contributed by atoms with E-state index in [0.29, 0.717) is 18.1 Å². The number of hydrogen-bond donors (Lipinski definition) is 2. The van der Waals surface area contributed by atoms with Gasteiger partial charge in [-0.2, -0.15) is 0 Å². The lowest BCUT2D eigenvalue weighted by Gasteiger charge is -2.31. The van der Waals surface area contributed by atoms with Crippen LogP contribution < -0.4 is 10.6 Å². The largest absolute Gasteiger partial charge is 0.354 e. The Morgan fingerprint density at radius 1 is 1.14 bits per heavy atom. The molecule has 1 saturated carbocycles. The Morgan fingerprint density at radius 2 is 1.71 bits per heavy atom. The molecule has 0 bridgehead atoms. The van der Waals surface area contributed by atoms with Crippen molar-refractivity contribution < 1.29 is 4.79 Å². The van der Waals surface area contributed by atoms with Crippen LogP contribution in [-0.2, 0) is 11.2 Å². The van der Waals surface area contributed by atoms with Crippen molar-refractivity contribution in [3.05, 3.63) is 35.4 Å². The molecule has 1 aromatic carbocycles. The SMILES string of the molecule is CCc1ccc([C@H](C)NC2CCC(NC(C)=O)CC2)cc1. The van der Waals surface area contributed by atoms with Crippen LogP contribution >= 0.6 is 0 Å². The number of rotatable bonds is 5. The second-order valence-corrected chi connectivity index (χ2v) is 6.23. The van der Waals surface area contributed by atoms with Crippen molar-refractivity contribution in [3.63, 3.8) is 0 Å². The summed E-state index contributed by atoms with van der Waals surface area (Å²) in [6.07, 6.45) is 5.54. The van der Waals surface area contributed by atoms with Crippen LogP contribution in [0.25, 0.3) is 0 Å². The quantitative estimate of drug-likeness (QED) is 0.872. The lowest BCUT2D eigenvalue weighted by Crippen LogP contribution is -2.42. The minimum absolute atomic E-state index is 0.0933. The Labute approximate surface area is 128 Å². The van der Waals surface area contributed by atoms with Gasteiger partial charge in [0.15, 0.2) is 0 Å². The van der Waals surface area contributed by atoms with E-state index in [9.17, 15) is 4.79 Å². The lowest BCUT2D eigenvalue weighted by molar-refractivity contribution is -0.119. The van der Waals surface area contributed by atoms with E-state index in [1.54, 1.807) is 6.92 Å². The number of nitrogens with one attached hydrogen (secondary N) is 2. The first kappa shape index (κ1) is 16.0. The highest BCUT2D eigenvalue weighted by Gasteiger charge is 2.22. The number of carbonyl (C=O) groups excluding carboxylic acids is 1. The minimum Gasteiger partial charge on any atom is -0.354 e. The van der Waals surface area contributed by atoms with Crippen molar-refractivity contribution in [1.29, 1.82) is 0 Å². The maximum atomic E-state index is 11.1. The number of aryl methyl sites for hydroxylation is 1. The second kappa shape index (κ2) is 7.60. The molecule has 21 heavy (non-hydrogen) atoms. The van der Waals surface area contributed by atoms with Crippen LogP contribution in [0.5, 0.6) is 0 Å². The fourth-order valence-electron chi connectivity index (χ4n) is 3.18. The topological polar surface area (TPSA) is 41.1 Å². The lowest BCUT2D eigenvalue weighted by atomic mass is 9.90. The van der Waals surface area contributed by atoms with E-state index in [1.807, 2.05) is 0 Å². The van der Waals surface area contributed by atoms with E-state index >= 15 is 0 Å². The summed E-state index contributed by atoms with van der Waals surface area (Å²) in [4.78, 5) is 11.1. The van der Waals surface area contributed by atoms with E-state index in [2.05, 4.69) is 48.7 Å². The average molecular weight is 288 g/mol. The van der Waals surface area contributed by atoms with E-state index in [1.165, 1.54) is 11.1 Å². The summed E-state index contributed by atoms with van der Waals surface area (Å²) in [5, 5.41) is 6.77. The van der Waals surface area contributed by atoms with Gasteiger partial charge >= 0.3 is 0 Å². The summed E-state index contributed by atoms with van der Waals surface area (Å²) in [6, 6.07) is 10.2. The van der Waals surface area contributed by atoms with Crippen molar-refractivity contribution in [2.75, 3.05) is 0 Å². The normalized spacial score (nSPS) is 23.6. The molecule has 1 fully saturated rings. The average Bonchev–Trinajstić information content (AvgIpc) is 2.49. The smallest absolute Gasteiger partial charge is 0.217 e. The highest BCUT2D eigenvalue weighted by atomic mass is 16.1.